The van der Waals surface area contributed by atoms with Crippen LogP contribution in [0.25, 0.3) is 0 Å². The second kappa shape index (κ2) is 8.17. The summed E-state index contributed by atoms with van der Waals surface area (Å²) in [7, 11) is 1.68. The number of benzene rings is 2. The molecule has 0 fully saturated rings. The smallest absolute Gasteiger partial charge is 0.269 e. The molecular formula is C19H24N4O. The highest BCUT2D eigenvalue weighted by Gasteiger charge is 2.14. The standard InChI is InChI=1S/C19H24N4O/c1-14-8-10-16(11-9-14)13-22-19(24)18(20)17(23(2)21)12-15-6-4-3-5-7-15/h3-11H,12-13,20-21H2,1-2H3,(H,22,24)/b18-17-. The molecular weight excluding hydrogens is 300 g/mol. The average Bonchev–Trinajstić information content (AvgIpc) is 2.59. The van der Waals surface area contributed by atoms with Gasteiger partial charge in [-0.25, -0.2) is 5.84 Å². The Morgan fingerprint density at radius 1 is 1.04 bits per heavy atom. The minimum atomic E-state index is -0.321. The number of amides is 1. The van der Waals surface area contributed by atoms with Gasteiger partial charge in [0.05, 0.1) is 5.70 Å². The zero-order chi connectivity index (χ0) is 17.5. The molecule has 0 aliphatic rings. The lowest BCUT2D eigenvalue weighted by atomic mass is 10.1. The van der Waals surface area contributed by atoms with E-state index in [2.05, 4.69) is 5.32 Å². The summed E-state index contributed by atoms with van der Waals surface area (Å²) in [5, 5.41) is 4.23. The number of allylic oxidation sites excluding steroid dienone is 1. The topological polar surface area (TPSA) is 84.4 Å². The van der Waals surface area contributed by atoms with E-state index in [0.29, 0.717) is 18.7 Å². The van der Waals surface area contributed by atoms with Crippen molar-refractivity contribution in [3.05, 3.63) is 82.7 Å². The number of carbonyl (C=O) groups excluding carboxylic acids is 1. The highest BCUT2D eigenvalue weighted by Crippen LogP contribution is 2.11. The first kappa shape index (κ1) is 17.6. The summed E-state index contributed by atoms with van der Waals surface area (Å²) in [6, 6.07) is 17.8. The fourth-order valence-corrected chi connectivity index (χ4v) is 2.31. The number of hydrogen-bond acceptors (Lipinski definition) is 4. The molecule has 5 N–H and O–H groups in total. The number of nitrogens with zero attached hydrogens (tertiary/aromatic N) is 1. The molecule has 1 amide bonds. The third-order valence-corrected chi connectivity index (χ3v) is 3.77. The Morgan fingerprint density at radius 3 is 2.25 bits per heavy atom. The number of hydrazine groups is 1. The maximum Gasteiger partial charge on any atom is 0.269 e. The van der Waals surface area contributed by atoms with Crippen LogP contribution in [0.3, 0.4) is 0 Å². The van der Waals surface area contributed by atoms with E-state index in [1.807, 2.05) is 61.5 Å². The Hall–Kier alpha value is -2.79. The molecule has 0 radical (unpaired) electrons. The van der Waals surface area contributed by atoms with Gasteiger partial charge in [-0.2, -0.15) is 0 Å². The van der Waals surface area contributed by atoms with Crippen molar-refractivity contribution in [2.75, 3.05) is 7.05 Å². The van der Waals surface area contributed by atoms with Gasteiger partial charge in [0, 0.05) is 20.0 Å². The highest BCUT2D eigenvalue weighted by molar-refractivity contribution is 5.93. The van der Waals surface area contributed by atoms with Crippen LogP contribution in [-0.4, -0.2) is 18.0 Å². The van der Waals surface area contributed by atoms with Crippen LogP contribution in [0.15, 0.2) is 66.0 Å². The molecule has 2 aromatic rings. The van der Waals surface area contributed by atoms with Gasteiger partial charge in [-0.15, -0.1) is 0 Å². The van der Waals surface area contributed by atoms with Crippen LogP contribution in [0.4, 0.5) is 0 Å². The van der Waals surface area contributed by atoms with E-state index >= 15 is 0 Å². The van der Waals surface area contributed by atoms with Crippen molar-refractivity contribution in [1.29, 1.82) is 0 Å². The minimum Gasteiger partial charge on any atom is -0.393 e. The molecule has 126 valence electrons. The molecule has 0 aromatic heterocycles. The van der Waals surface area contributed by atoms with Crippen LogP contribution in [0.2, 0.25) is 0 Å². The summed E-state index contributed by atoms with van der Waals surface area (Å²) >= 11 is 0. The lowest BCUT2D eigenvalue weighted by Gasteiger charge is -2.19. The second-order valence-corrected chi connectivity index (χ2v) is 5.80. The Kier molecular flexibility index (Phi) is 5.98. The van der Waals surface area contributed by atoms with Crippen molar-refractivity contribution in [3.63, 3.8) is 0 Å². The fourth-order valence-electron chi connectivity index (χ4n) is 2.31. The number of rotatable bonds is 6. The number of hydrogen-bond donors (Lipinski definition) is 3. The lowest BCUT2D eigenvalue weighted by Crippen LogP contribution is -2.35. The van der Waals surface area contributed by atoms with Gasteiger partial charge in [0.1, 0.15) is 5.70 Å². The molecule has 5 heteroatoms. The van der Waals surface area contributed by atoms with Gasteiger partial charge in [0.25, 0.3) is 5.91 Å². The van der Waals surface area contributed by atoms with Crippen LogP contribution in [-0.2, 0) is 17.8 Å². The first-order chi connectivity index (χ1) is 11.5. The monoisotopic (exact) mass is 324 g/mol. The first-order valence-electron chi connectivity index (χ1n) is 7.82. The molecule has 2 rings (SSSR count). The maximum atomic E-state index is 12.3. The molecule has 0 aliphatic heterocycles. The minimum absolute atomic E-state index is 0.135. The molecule has 0 heterocycles. The average molecular weight is 324 g/mol. The molecule has 0 unspecified atom stereocenters. The van der Waals surface area contributed by atoms with Crippen molar-refractivity contribution in [2.45, 2.75) is 19.9 Å². The predicted octanol–water partition coefficient (Wildman–Crippen LogP) is 1.83. The predicted molar refractivity (Wildman–Crippen MR) is 96.3 cm³/mol. The van der Waals surface area contributed by atoms with Crippen molar-refractivity contribution in [3.8, 4) is 0 Å². The lowest BCUT2D eigenvalue weighted by molar-refractivity contribution is -0.117. The third kappa shape index (κ3) is 4.86. The number of nitrogens with two attached hydrogens (primary N) is 2. The Balaban J connectivity index is 2.08. The molecule has 0 atom stereocenters. The first-order valence-corrected chi connectivity index (χ1v) is 7.82. The summed E-state index contributed by atoms with van der Waals surface area (Å²) in [5.74, 6) is 5.54. The number of carbonyl (C=O) groups is 1. The summed E-state index contributed by atoms with van der Waals surface area (Å²) in [4.78, 5) is 12.3. The van der Waals surface area contributed by atoms with E-state index in [0.717, 1.165) is 11.1 Å². The van der Waals surface area contributed by atoms with Gasteiger partial charge in [0.2, 0.25) is 0 Å². The van der Waals surface area contributed by atoms with Crippen molar-refractivity contribution >= 4 is 5.91 Å². The van der Waals surface area contributed by atoms with Gasteiger partial charge in [-0.05, 0) is 18.1 Å². The molecule has 24 heavy (non-hydrogen) atoms. The molecule has 0 saturated carbocycles. The normalized spacial score (nSPS) is 11.6. The number of aryl methyl sites for hydroxylation is 1. The SMILES string of the molecule is Cc1ccc(CNC(=O)/C(N)=C(\Cc2ccccc2)N(C)N)cc1. The van der Waals surface area contributed by atoms with E-state index in [-0.39, 0.29) is 11.6 Å². The van der Waals surface area contributed by atoms with Crippen LogP contribution in [0.5, 0.6) is 0 Å². The Morgan fingerprint density at radius 2 is 1.67 bits per heavy atom. The zero-order valence-corrected chi connectivity index (χ0v) is 14.1. The van der Waals surface area contributed by atoms with Crippen molar-refractivity contribution in [1.82, 2.24) is 10.3 Å². The zero-order valence-electron chi connectivity index (χ0n) is 14.1. The Bertz CT molecular complexity index is 706. The quantitative estimate of drug-likeness (QED) is 0.430. The van der Waals surface area contributed by atoms with Crippen LogP contribution in [0.1, 0.15) is 16.7 Å². The van der Waals surface area contributed by atoms with Gasteiger partial charge >= 0.3 is 0 Å². The van der Waals surface area contributed by atoms with E-state index in [9.17, 15) is 4.79 Å². The third-order valence-electron chi connectivity index (χ3n) is 3.77. The number of nitrogens with one attached hydrogen (secondary N) is 1. The fraction of sp³-hybridized carbons (Fsp3) is 0.211. The molecule has 0 saturated heterocycles. The summed E-state index contributed by atoms with van der Waals surface area (Å²) in [6.07, 6.45) is 0.498. The van der Waals surface area contributed by atoms with E-state index in [1.54, 1.807) is 7.05 Å². The van der Waals surface area contributed by atoms with Gasteiger partial charge in [-0.3, -0.25) is 4.79 Å². The molecule has 0 aliphatic carbocycles. The van der Waals surface area contributed by atoms with E-state index < -0.39 is 0 Å². The maximum absolute atomic E-state index is 12.3. The Labute approximate surface area is 142 Å². The largest absolute Gasteiger partial charge is 0.393 e. The summed E-state index contributed by atoms with van der Waals surface area (Å²) in [5.41, 5.74) is 10.0. The summed E-state index contributed by atoms with van der Waals surface area (Å²) in [6.45, 7) is 2.45. The van der Waals surface area contributed by atoms with Gasteiger partial charge in [0.15, 0.2) is 0 Å². The van der Waals surface area contributed by atoms with Crippen LogP contribution in [0, 0.1) is 6.92 Å². The van der Waals surface area contributed by atoms with E-state index in [1.165, 1.54) is 10.6 Å². The molecule has 0 bridgehead atoms. The van der Waals surface area contributed by atoms with E-state index in [4.69, 9.17) is 11.6 Å². The highest BCUT2D eigenvalue weighted by atomic mass is 16.2. The van der Waals surface area contributed by atoms with Gasteiger partial charge in [-0.1, -0.05) is 60.2 Å². The van der Waals surface area contributed by atoms with Gasteiger partial charge < -0.3 is 16.1 Å². The van der Waals surface area contributed by atoms with Crippen molar-refractivity contribution < 1.29 is 4.79 Å². The van der Waals surface area contributed by atoms with Crippen molar-refractivity contribution in [2.24, 2.45) is 11.6 Å². The summed E-state index contributed by atoms with van der Waals surface area (Å²) < 4.78 is 0. The molecule has 0 spiro atoms. The molecule has 5 nitrogen and oxygen atoms in total. The molecule has 2 aromatic carbocycles. The second-order valence-electron chi connectivity index (χ2n) is 5.80. The van der Waals surface area contributed by atoms with Crippen LogP contribution < -0.4 is 16.9 Å². The van der Waals surface area contributed by atoms with Crippen LogP contribution >= 0.6 is 0 Å². The number of likely N-dealkylation sites (N-methyl/N-ethyl adjacent to an activating group) is 1.